The van der Waals surface area contributed by atoms with E-state index in [0.717, 1.165) is 11.8 Å². The molecule has 2 atom stereocenters. The van der Waals surface area contributed by atoms with Crippen LogP contribution in [-0.4, -0.2) is 48.6 Å². The van der Waals surface area contributed by atoms with E-state index in [9.17, 15) is 0 Å². The summed E-state index contributed by atoms with van der Waals surface area (Å²) in [5.41, 5.74) is 0. The minimum Gasteiger partial charge on any atom is -0.314 e. The molecule has 3 heteroatoms. The molecule has 2 fully saturated rings. The van der Waals surface area contributed by atoms with Crippen LogP contribution >= 0.6 is 11.8 Å². The van der Waals surface area contributed by atoms with Crippen LogP contribution in [0.1, 0.15) is 46.0 Å². The van der Waals surface area contributed by atoms with Gasteiger partial charge in [0.15, 0.2) is 0 Å². The Hall–Kier alpha value is 0.270. The molecule has 0 amide bonds. The third-order valence-corrected chi connectivity index (χ3v) is 5.91. The van der Waals surface area contributed by atoms with Gasteiger partial charge in [-0.15, -0.1) is 0 Å². The van der Waals surface area contributed by atoms with E-state index >= 15 is 0 Å². The number of hydrogen-bond donors (Lipinski definition) is 1. The lowest BCUT2D eigenvalue weighted by molar-refractivity contribution is 0.149. The Morgan fingerprint density at radius 2 is 2.05 bits per heavy atom. The van der Waals surface area contributed by atoms with Crippen molar-refractivity contribution in [2.45, 2.75) is 52.0 Å². The van der Waals surface area contributed by atoms with Crippen molar-refractivity contribution in [1.29, 1.82) is 0 Å². The summed E-state index contributed by atoms with van der Waals surface area (Å²) in [7, 11) is 0. The first-order valence-electron chi connectivity index (χ1n) is 8.33. The van der Waals surface area contributed by atoms with Crippen LogP contribution in [0.3, 0.4) is 0 Å². The van der Waals surface area contributed by atoms with E-state index < -0.39 is 0 Å². The van der Waals surface area contributed by atoms with Gasteiger partial charge in [-0.1, -0.05) is 6.92 Å². The smallest absolute Gasteiger partial charge is 0.00793 e. The van der Waals surface area contributed by atoms with E-state index in [0.29, 0.717) is 6.04 Å². The van der Waals surface area contributed by atoms with Gasteiger partial charge >= 0.3 is 0 Å². The highest BCUT2D eigenvalue weighted by molar-refractivity contribution is 7.99. The molecule has 19 heavy (non-hydrogen) atoms. The average molecular weight is 285 g/mol. The van der Waals surface area contributed by atoms with Crippen LogP contribution in [0, 0.1) is 11.8 Å². The summed E-state index contributed by atoms with van der Waals surface area (Å²) in [6.07, 6.45) is 6.98. The zero-order valence-electron chi connectivity index (χ0n) is 12.9. The second kappa shape index (κ2) is 8.53. The lowest BCUT2D eigenvalue weighted by Gasteiger charge is -2.36. The second-order valence-electron chi connectivity index (χ2n) is 6.46. The average Bonchev–Trinajstić information content (AvgIpc) is 2.46. The molecule has 0 aromatic carbocycles. The molecule has 2 rings (SSSR count). The monoisotopic (exact) mass is 284 g/mol. The predicted molar refractivity (Wildman–Crippen MR) is 87.0 cm³/mol. The topological polar surface area (TPSA) is 15.3 Å². The van der Waals surface area contributed by atoms with Gasteiger partial charge in [0.05, 0.1) is 0 Å². The molecule has 2 heterocycles. The summed E-state index contributed by atoms with van der Waals surface area (Å²) < 4.78 is 0. The number of thioether (sulfide) groups is 1. The SMILES string of the molecule is CCCN1CCCC(C(C)NCC2CCSCC2)C1. The van der Waals surface area contributed by atoms with Crippen molar-refractivity contribution in [2.24, 2.45) is 11.8 Å². The van der Waals surface area contributed by atoms with Crippen molar-refractivity contribution in [1.82, 2.24) is 10.2 Å². The van der Waals surface area contributed by atoms with Crippen molar-refractivity contribution in [2.75, 3.05) is 37.7 Å². The summed E-state index contributed by atoms with van der Waals surface area (Å²) in [6, 6.07) is 0.703. The Bertz CT molecular complexity index is 239. The third kappa shape index (κ3) is 5.28. The molecule has 0 saturated carbocycles. The summed E-state index contributed by atoms with van der Waals surface area (Å²) in [4.78, 5) is 2.67. The van der Waals surface area contributed by atoms with Crippen molar-refractivity contribution in [3.8, 4) is 0 Å². The minimum absolute atomic E-state index is 0.703. The third-order valence-electron chi connectivity index (χ3n) is 4.86. The number of rotatable bonds is 6. The fourth-order valence-corrected chi connectivity index (χ4v) is 4.69. The predicted octanol–water partition coefficient (Wildman–Crippen LogP) is 3.23. The zero-order chi connectivity index (χ0) is 13.5. The molecular weight excluding hydrogens is 252 g/mol. The fourth-order valence-electron chi connectivity index (χ4n) is 3.49. The summed E-state index contributed by atoms with van der Waals surface area (Å²) in [5, 5.41) is 3.85. The van der Waals surface area contributed by atoms with Crippen LogP contribution in [0.15, 0.2) is 0 Å². The molecule has 0 aliphatic carbocycles. The zero-order valence-corrected chi connectivity index (χ0v) is 13.7. The molecule has 2 nitrogen and oxygen atoms in total. The van der Waals surface area contributed by atoms with E-state index in [1.165, 1.54) is 69.8 Å². The maximum Gasteiger partial charge on any atom is 0.00793 e. The van der Waals surface area contributed by atoms with Crippen LogP contribution in [-0.2, 0) is 0 Å². The van der Waals surface area contributed by atoms with Gasteiger partial charge in [-0.3, -0.25) is 0 Å². The molecule has 2 aliphatic heterocycles. The van der Waals surface area contributed by atoms with E-state index in [-0.39, 0.29) is 0 Å². The van der Waals surface area contributed by atoms with Gasteiger partial charge in [-0.25, -0.2) is 0 Å². The molecular formula is C16H32N2S. The first-order valence-corrected chi connectivity index (χ1v) is 9.48. The normalized spacial score (nSPS) is 28.4. The van der Waals surface area contributed by atoms with Crippen molar-refractivity contribution < 1.29 is 0 Å². The lowest BCUT2D eigenvalue weighted by atomic mass is 9.91. The molecule has 0 aromatic heterocycles. The maximum absolute atomic E-state index is 3.85. The van der Waals surface area contributed by atoms with Gasteiger partial charge < -0.3 is 10.2 Å². The molecule has 0 aromatic rings. The van der Waals surface area contributed by atoms with Gasteiger partial charge in [0, 0.05) is 12.6 Å². The Morgan fingerprint density at radius 1 is 1.26 bits per heavy atom. The molecule has 2 unspecified atom stereocenters. The number of nitrogens with zero attached hydrogens (tertiary/aromatic N) is 1. The Balaban J connectivity index is 1.67. The molecule has 1 N–H and O–H groups in total. The van der Waals surface area contributed by atoms with Crippen molar-refractivity contribution in [3.05, 3.63) is 0 Å². The number of hydrogen-bond acceptors (Lipinski definition) is 3. The van der Waals surface area contributed by atoms with Crippen LogP contribution in [0.2, 0.25) is 0 Å². The van der Waals surface area contributed by atoms with E-state index in [1.807, 2.05) is 0 Å². The van der Waals surface area contributed by atoms with E-state index in [4.69, 9.17) is 0 Å². The highest BCUT2D eigenvalue weighted by Gasteiger charge is 2.24. The minimum atomic E-state index is 0.703. The Labute approximate surface area is 124 Å². The van der Waals surface area contributed by atoms with Gasteiger partial charge in [0.2, 0.25) is 0 Å². The Kier molecular flexibility index (Phi) is 7.03. The first-order chi connectivity index (χ1) is 9.29. The highest BCUT2D eigenvalue weighted by atomic mass is 32.2. The van der Waals surface area contributed by atoms with E-state index in [1.54, 1.807) is 0 Å². The second-order valence-corrected chi connectivity index (χ2v) is 7.68. The van der Waals surface area contributed by atoms with E-state index in [2.05, 4.69) is 35.8 Å². The molecule has 0 spiro atoms. The number of piperidine rings is 1. The van der Waals surface area contributed by atoms with Gasteiger partial charge in [-0.05, 0) is 82.0 Å². The molecule has 0 bridgehead atoms. The molecule has 0 radical (unpaired) electrons. The Morgan fingerprint density at radius 3 is 2.79 bits per heavy atom. The van der Waals surface area contributed by atoms with Gasteiger partial charge in [0.25, 0.3) is 0 Å². The molecule has 2 aliphatic rings. The molecule has 112 valence electrons. The number of nitrogens with one attached hydrogen (secondary N) is 1. The van der Waals surface area contributed by atoms with Crippen LogP contribution in [0.4, 0.5) is 0 Å². The van der Waals surface area contributed by atoms with Crippen LogP contribution in [0.25, 0.3) is 0 Å². The summed E-state index contributed by atoms with van der Waals surface area (Å²) in [5.74, 6) is 4.58. The summed E-state index contributed by atoms with van der Waals surface area (Å²) in [6.45, 7) is 9.92. The highest BCUT2D eigenvalue weighted by Crippen LogP contribution is 2.23. The van der Waals surface area contributed by atoms with Gasteiger partial charge in [-0.2, -0.15) is 11.8 Å². The van der Waals surface area contributed by atoms with Gasteiger partial charge in [0.1, 0.15) is 0 Å². The number of likely N-dealkylation sites (tertiary alicyclic amines) is 1. The van der Waals surface area contributed by atoms with Crippen LogP contribution in [0.5, 0.6) is 0 Å². The lowest BCUT2D eigenvalue weighted by Crippen LogP contribution is -2.45. The fraction of sp³-hybridized carbons (Fsp3) is 1.00. The van der Waals surface area contributed by atoms with Crippen molar-refractivity contribution >= 4 is 11.8 Å². The summed E-state index contributed by atoms with van der Waals surface area (Å²) >= 11 is 2.13. The maximum atomic E-state index is 3.85. The first kappa shape index (κ1) is 15.7. The van der Waals surface area contributed by atoms with Crippen molar-refractivity contribution in [3.63, 3.8) is 0 Å². The molecule has 2 saturated heterocycles. The largest absolute Gasteiger partial charge is 0.314 e. The quantitative estimate of drug-likeness (QED) is 0.806. The van der Waals surface area contributed by atoms with Crippen LogP contribution < -0.4 is 5.32 Å². The standard InChI is InChI=1S/C16H32N2S/c1-3-8-18-9-4-5-16(13-18)14(2)17-12-15-6-10-19-11-7-15/h14-17H,3-13H2,1-2H3.